The number of nitrogens with one attached hydrogen (secondary N) is 1. The van der Waals surface area contributed by atoms with Crippen LogP contribution in [0.5, 0.6) is 0 Å². The fourth-order valence-electron chi connectivity index (χ4n) is 3.80. The Kier molecular flexibility index (Phi) is 6.02. The second-order valence-corrected chi connectivity index (χ2v) is 7.50. The second-order valence-electron chi connectivity index (χ2n) is 7.50. The fourth-order valence-corrected chi connectivity index (χ4v) is 3.80. The summed E-state index contributed by atoms with van der Waals surface area (Å²) in [5.41, 5.74) is 2.24. The first-order valence-corrected chi connectivity index (χ1v) is 10.1. The molecule has 1 aromatic carbocycles. The number of halogens is 1. The first kappa shape index (κ1) is 20.0. The van der Waals surface area contributed by atoms with Crippen LogP contribution in [0.1, 0.15) is 42.9 Å². The molecule has 1 aliphatic heterocycles. The topological polar surface area (TPSA) is 88.3 Å². The van der Waals surface area contributed by atoms with Gasteiger partial charge in [-0.25, -0.2) is 4.39 Å². The van der Waals surface area contributed by atoms with Crippen LogP contribution in [0.2, 0.25) is 0 Å². The zero-order valence-corrected chi connectivity index (χ0v) is 16.5. The zero-order chi connectivity index (χ0) is 20.9. The quantitative estimate of drug-likeness (QED) is 0.674. The molecule has 156 valence electrons. The first-order valence-electron chi connectivity index (χ1n) is 10.1. The van der Waals surface area contributed by atoms with Crippen LogP contribution >= 0.6 is 0 Å². The lowest BCUT2D eigenvalue weighted by molar-refractivity contribution is -0.134. The number of hydrogen-bond acceptors (Lipinski definition) is 5. The van der Waals surface area contributed by atoms with Crippen molar-refractivity contribution in [2.75, 3.05) is 13.1 Å². The maximum atomic E-state index is 13.3. The van der Waals surface area contributed by atoms with Crippen LogP contribution in [0.15, 0.2) is 47.2 Å². The Hall–Kier alpha value is -3.29. The SMILES string of the molecule is O=C(CCC(=O)N1CCC(c2noc3cc(F)ccc23)CC1)NCc1ccncc1. The van der Waals surface area contributed by atoms with Gasteiger partial charge in [0.1, 0.15) is 5.82 Å². The van der Waals surface area contributed by atoms with Crippen LogP contribution in [0.25, 0.3) is 11.0 Å². The zero-order valence-electron chi connectivity index (χ0n) is 16.5. The van der Waals surface area contributed by atoms with Crippen molar-refractivity contribution in [1.29, 1.82) is 0 Å². The number of rotatable bonds is 6. The number of carbonyl (C=O) groups is 2. The number of pyridine rings is 1. The molecule has 0 aliphatic carbocycles. The van der Waals surface area contributed by atoms with Gasteiger partial charge in [-0.3, -0.25) is 14.6 Å². The third-order valence-corrected chi connectivity index (χ3v) is 5.50. The Morgan fingerprint density at radius 3 is 2.67 bits per heavy atom. The van der Waals surface area contributed by atoms with E-state index in [0.717, 1.165) is 29.5 Å². The van der Waals surface area contributed by atoms with Crippen molar-refractivity contribution in [3.05, 3.63) is 59.8 Å². The molecule has 1 aliphatic rings. The summed E-state index contributed by atoms with van der Waals surface area (Å²) in [4.78, 5) is 30.2. The molecule has 2 aromatic heterocycles. The summed E-state index contributed by atoms with van der Waals surface area (Å²) >= 11 is 0. The average Bonchev–Trinajstić information content (AvgIpc) is 3.20. The van der Waals surface area contributed by atoms with E-state index in [2.05, 4.69) is 15.5 Å². The molecule has 8 heteroatoms. The number of carbonyl (C=O) groups excluding carboxylic acids is 2. The summed E-state index contributed by atoms with van der Waals surface area (Å²) in [5.74, 6) is -0.337. The molecule has 3 heterocycles. The van der Waals surface area contributed by atoms with E-state index in [-0.39, 0.29) is 36.4 Å². The molecule has 30 heavy (non-hydrogen) atoms. The molecule has 0 radical (unpaired) electrons. The van der Waals surface area contributed by atoms with E-state index < -0.39 is 0 Å². The van der Waals surface area contributed by atoms with Crippen molar-refractivity contribution < 1.29 is 18.5 Å². The molecule has 1 saturated heterocycles. The largest absolute Gasteiger partial charge is 0.356 e. The van der Waals surface area contributed by atoms with Gasteiger partial charge in [-0.05, 0) is 42.7 Å². The maximum Gasteiger partial charge on any atom is 0.223 e. The van der Waals surface area contributed by atoms with Gasteiger partial charge in [0.15, 0.2) is 5.58 Å². The number of aromatic nitrogens is 2. The molecular formula is C22H23FN4O3. The number of nitrogens with zero attached hydrogens (tertiary/aromatic N) is 3. The highest BCUT2D eigenvalue weighted by atomic mass is 19.1. The Morgan fingerprint density at radius 1 is 1.13 bits per heavy atom. The number of likely N-dealkylation sites (tertiary alicyclic amines) is 1. The smallest absolute Gasteiger partial charge is 0.223 e. The van der Waals surface area contributed by atoms with E-state index in [1.165, 1.54) is 12.1 Å². The number of amides is 2. The van der Waals surface area contributed by atoms with Crippen molar-refractivity contribution in [3.8, 4) is 0 Å². The van der Waals surface area contributed by atoms with Crippen molar-refractivity contribution in [1.82, 2.24) is 20.4 Å². The van der Waals surface area contributed by atoms with Gasteiger partial charge in [-0.1, -0.05) is 5.16 Å². The van der Waals surface area contributed by atoms with Gasteiger partial charge in [0.05, 0.1) is 5.69 Å². The summed E-state index contributed by atoms with van der Waals surface area (Å²) in [6.45, 7) is 1.64. The molecule has 0 saturated carbocycles. The van der Waals surface area contributed by atoms with Crippen molar-refractivity contribution in [2.45, 2.75) is 38.1 Å². The number of piperidine rings is 1. The molecule has 2 amide bonds. The molecule has 0 spiro atoms. The minimum Gasteiger partial charge on any atom is -0.356 e. The van der Waals surface area contributed by atoms with Crippen molar-refractivity contribution in [2.24, 2.45) is 0 Å². The minimum atomic E-state index is -0.351. The minimum absolute atomic E-state index is 0.0143. The van der Waals surface area contributed by atoms with Crippen LogP contribution in [-0.2, 0) is 16.1 Å². The first-order chi connectivity index (χ1) is 14.6. The van der Waals surface area contributed by atoms with Crippen LogP contribution in [0.4, 0.5) is 4.39 Å². The van der Waals surface area contributed by atoms with Crippen LogP contribution in [0, 0.1) is 5.82 Å². The molecule has 4 rings (SSSR count). The fraction of sp³-hybridized carbons (Fsp3) is 0.364. The van der Waals surface area contributed by atoms with Gasteiger partial charge in [-0.2, -0.15) is 0 Å². The summed E-state index contributed by atoms with van der Waals surface area (Å²) < 4.78 is 18.6. The predicted octanol–water partition coefficient (Wildman–Crippen LogP) is 3.16. The lowest BCUT2D eigenvalue weighted by Crippen LogP contribution is -2.38. The van der Waals surface area contributed by atoms with Crippen molar-refractivity contribution in [3.63, 3.8) is 0 Å². The number of benzene rings is 1. The molecule has 0 bridgehead atoms. The lowest BCUT2D eigenvalue weighted by atomic mass is 9.91. The standard InChI is InChI=1S/C22H23FN4O3/c23-17-1-2-18-19(13-17)30-26-22(18)16-7-11-27(12-8-16)21(29)4-3-20(28)25-14-15-5-9-24-10-6-15/h1-2,5-6,9-10,13,16H,3-4,7-8,11-12,14H2,(H,25,28). The maximum absolute atomic E-state index is 13.3. The monoisotopic (exact) mass is 410 g/mol. The Balaban J connectivity index is 1.23. The third-order valence-electron chi connectivity index (χ3n) is 5.50. The van der Waals surface area contributed by atoms with Gasteiger partial charge in [0.25, 0.3) is 0 Å². The Bertz CT molecular complexity index is 1030. The van der Waals surface area contributed by atoms with Gasteiger partial charge in [-0.15, -0.1) is 0 Å². The summed E-state index contributed by atoms with van der Waals surface area (Å²) in [6, 6.07) is 8.11. The second kappa shape index (κ2) is 9.02. The molecule has 0 atom stereocenters. The van der Waals surface area contributed by atoms with E-state index in [1.54, 1.807) is 23.4 Å². The summed E-state index contributed by atoms with van der Waals surface area (Å²) in [7, 11) is 0. The summed E-state index contributed by atoms with van der Waals surface area (Å²) in [6.07, 6.45) is 5.24. The van der Waals surface area contributed by atoms with Crippen LogP contribution < -0.4 is 5.32 Å². The van der Waals surface area contributed by atoms with Crippen LogP contribution in [0.3, 0.4) is 0 Å². The van der Waals surface area contributed by atoms with Gasteiger partial charge < -0.3 is 14.7 Å². The summed E-state index contributed by atoms with van der Waals surface area (Å²) in [5, 5.41) is 7.78. The predicted molar refractivity (Wildman–Crippen MR) is 108 cm³/mol. The number of hydrogen-bond donors (Lipinski definition) is 1. The third kappa shape index (κ3) is 4.64. The average molecular weight is 410 g/mol. The highest BCUT2D eigenvalue weighted by molar-refractivity contribution is 5.84. The van der Waals surface area contributed by atoms with Crippen molar-refractivity contribution >= 4 is 22.8 Å². The molecule has 3 aromatic rings. The number of fused-ring (bicyclic) bond motifs is 1. The van der Waals surface area contributed by atoms with Gasteiger partial charge in [0.2, 0.25) is 11.8 Å². The van der Waals surface area contributed by atoms with Gasteiger partial charge in [0, 0.05) is 62.2 Å². The van der Waals surface area contributed by atoms with E-state index in [1.807, 2.05) is 12.1 Å². The molecule has 7 nitrogen and oxygen atoms in total. The van der Waals surface area contributed by atoms with Crippen LogP contribution in [-0.4, -0.2) is 39.9 Å². The molecule has 1 N–H and O–H groups in total. The van der Waals surface area contributed by atoms with E-state index in [0.29, 0.717) is 25.2 Å². The Labute approximate surface area is 173 Å². The lowest BCUT2D eigenvalue weighted by Gasteiger charge is -2.31. The normalized spacial score (nSPS) is 14.8. The highest BCUT2D eigenvalue weighted by Crippen LogP contribution is 2.32. The van der Waals surface area contributed by atoms with E-state index >= 15 is 0 Å². The van der Waals surface area contributed by atoms with E-state index in [9.17, 15) is 14.0 Å². The molecular weight excluding hydrogens is 387 g/mol. The van der Waals surface area contributed by atoms with Gasteiger partial charge >= 0.3 is 0 Å². The Morgan fingerprint density at radius 2 is 1.90 bits per heavy atom. The van der Waals surface area contributed by atoms with E-state index in [4.69, 9.17) is 4.52 Å². The molecule has 0 unspecified atom stereocenters. The molecule has 1 fully saturated rings. The highest BCUT2D eigenvalue weighted by Gasteiger charge is 2.27.